The second-order valence-electron chi connectivity index (χ2n) is 3.48. The molecule has 0 bridgehead atoms. The van der Waals surface area contributed by atoms with Crippen molar-refractivity contribution in [2.24, 2.45) is 5.11 Å². The number of azide groups is 1. The molecule has 0 unspecified atom stereocenters. The zero-order valence-electron chi connectivity index (χ0n) is 9.00. The van der Waals surface area contributed by atoms with E-state index in [2.05, 4.69) is 15.0 Å². The van der Waals surface area contributed by atoms with Crippen molar-refractivity contribution in [3.63, 3.8) is 0 Å². The number of nitrogens with zero attached hydrogens (tertiary/aromatic N) is 3. The van der Waals surface area contributed by atoms with E-state index in [1.165, 1.54) is 0 Å². The Labute approximate surface area is 97.4 Å². The van der Waals surface area contributed by atoms with E-state index >= 15 is 0 Å². The standard InChI is InChI=1S/C12H10N4O/c13-16-15-5-1-2-9-3-4-12-11(6-9)10(8-17)7-14-12/h1-4,6-8,14H,5H2. The quantitative estimate of drug-likeness (QED) is 0.369. The molecule has 0 radical (unpaired) electrons. The Morgan fingerprint density at radius 3 is 3.12 bits per heavy atom. The van der Waals surface area contributed by atoms with Crippen molar-refractivity contribution in [3.05, 3.63) is 52.0 Å². The van der Waals surface area contributed by atoms with Gasteiger partial charge in [0, 0.05) is 34.1 Å². The van der Waals surface area contributed by atoms with Crippen LogP contribution >= 0.6 is 0 Å². The van der Waals surface area contributed by atoms with E-state index in [9.17, 15) is 4.79 Å². The van der Waals surface area contributed by atoms with Crippen LogP contribution in [0.5, 0.6) is 0 Å². The Kier molecular flexibility index (Phi) is 3.23. The lowest BCUT2D eigenvalue weighted by atomic mass is 10.1. The predicted octanol–water partition coefficient (Wildman–Crippen LogP) is 3.30. The summed E-state index contributed by atoms with van der Waals surface area (Å²) in [4.78, 5) is 16.5. The van der Waals surface area contributed by atoms with Gasteiger partial charge in [-0.3, -0.25) is 4.79 Å². The van der Waals surface area contributed by atoms with Crippen molar-refractivity contribution < 1.29 is 4.79 Å². The molecule has 0 saturated carbocycles. The number of carbonyl (C=O) groups is 1. The smallest absolute Gasteiger partial charge is 0.152 e. The van der Waals surface area contributed by atoms with Gasteiger partial charge in [-0.15, -0.1) is 0 Å². The summed E-state index contributed by atoms with van der Waals surface area (Å²) in [7, 11) is 0. The van der Waals surface area contributed by atoms with E-state index in [-0.39, 0.29) is 0 Å². The van der Waals surface area contributed by atoms with Crippen LogP contribution in [0.15, 0.2) is 35.6 Å². The van der Waals surface area contributed by atoms with Crippen LogP contribution in [0.4, 0.5) is 0 Å². The van der Waals surface area contributed by atoms with Crippen molar-refractivity contribution in [2.45, 2.75) is 0 Å². The number of aromatic nitrogens is 1. The summed E-state index contributed by atoms with van der Waals surface area (Å²) in [6.07, 6.45) is 6.14. The average Bonchev–Trinajstić information content (AvgIpc) is 2.77. The molecule has 0 aliphatic rings. The molecule has 0 atom stereocenters. The van der Waals surface area contributed by atoms with Gasteiger partial charge in [-0.05, 0) is 23.2 Å². The SMILES string of the molecule is [N-]=[N+]=NCC=Cc1ccc2[nH]cc(C=O)c2c1. The number of carbonyl (C=O) groups excluding carboxylic acids is 1. The van der Waals surface area contributed by atoms with Crippen molar-refractivity contribution in [1.82, 2.24) is 4.98 Å². The van der Waals surface area contributed by atoms with Crippen LogP contribution in [0.3, 0.4) is 0 Å². The minimum Gasteiger partial charge on any atom is -0.360 e. The molecule has 5 heteroatoms. The molecule has 84 valence electrons. The molecule has 1 aromatic heterocycles. The second kappa shape index (κ2) is 5.01. The Morgan fingerprint density at radius 1 is 1.47 bits per heavy atom. The van der Waals surface area contributed by atoms with E-state index in [1.54, 1.807) is 12.3 Å². The normalized spacial score (nSPS) is 10.6. The summed E-state index contributed by atoms with van der Waals surface area (Å²) in [5, 5.41) is 4.30. The fraction of sp³-hybridized carbons (Fsp3) is 0.0833. The van der Waals surface area contributed by atoms with E-state index in [4.69, 9.17) is 5.53 Å². The first-order valence-corrected chi connectivity index (χ1v) is 5.09. The zero-order valence-corrected chi connectivity index (χ0v) is 9.00. The minimum atomic E-state index is 0.322. The van der Waals surface area contributed by atoms with Crippen molar-refractivity contribution >= 4 is 23.3 Å². The number of H-pyrrole nitrogens is 1. The van der Waals surface area contributed by atoms with Gasteiger partial charge in [-0.2, -0.15) is 0 Å². The van der Waals surface area contributed by atoms with Gasteiger partial charge in [0.1, 0.15) is 0 Å². The molecule has 2 aromatic rings. The van der Waals surface area contributed by atoms with Crippen molar-refractivity contribution in [1.29, 1.82) is 0 Å². The van der Waals surface area contributed by atoms with Gasteiger partial charge >= 0.3 is 0 Å². The Bertz CT molecular complexity index is 620. The number of aromatic amines is 1. The van der Waals surface area contributed by atoms with E-state index < -0.39 is 0 Å². The number of aldehydes is 1. The van der Waals surface area contributed by atoms with Crippen LogP contribution in [0.2, 0.25) is 0 Å². The summed E-state index contributed by atoms with van der Waals surface area (Å²) in [6, 6.07) is 5.76. The van der Waals surface area contributed by atoms with E-state index in [1.807, 2.05) is 24.3 Å². The molecule has 2 rings (SSSR count). The zero-order chi connectivity index (χ0) is 12.1. The van der Waals surface area contributed by atoms with E-state index in [0.29, 0.717) is 12.1 Å². The number of rotatable bonds is 4. The van der Waals surface area contributed by atoms with Gasteiger partial charge in [0.25, 0.3) is 0 Å². The molecule has 0 amide bonds. The third-order valence-corrected chi connectivity index (χ3v) is 2.43. The maximum absolute atomic E-state index is 10.8. The van der Waals surface area contributed by atoms with Crippen LogP contribution in [-0.4, -0.2) is 17.8 Å². The van der Waals surface area contributed by atoms with Gasteiger partial charge in [0.05, 0.1) is 0 Å². The average molecular weight is 226 g/mol. The molecule has 1 heterocycles. The van der Waals surface area contributed by atoms with Gasteiger partial charge in [-0.25, -0.2) is 0 Å². The summed E-state index contributed by atoms with van der Waals surface area (Å²) in [5.74, 6) is 0. The molecule has 0 saturated heterocycles. The molecule has 1 aromatic carbocycles. The largest absolute Gasteiger partial charge is 0.360 e. The summed E-state index contributed by atoms with van der Waals surface area (Å²) in [5.41, 5.74) is 10.7. The maximum atomic E-state index is 10.8. The lowest BCUT2D eigenvalue weighted by Crippen LogP contribution is -1.77. The van der Waals surface area contributed by atoms with Gasteiger partial charge < -0.3 is 4.98 Å². The Balaban J connectivity index is 2.32. The highest BCUT2D eigenvalue weighted by molar-refractivity contribution is 5.98. The number of fused-ring (bicyclic) bond motifs is 1. The minimum absolute atomic E-state index is 0.322. The van der Waals surface area contributed by atoms with Crippen LogP contribution in [-0.2, 0) is 0 Å². The first kappa shape index (κ1) is 11.0. The van der Waals surface area contributed by atoms with Crippen molar-refractivity contribution in [2.75, 3.05) is 6.54 Å². The Hall–Kier alpha value is -2.52. The summed E-state index contributed by atoms with van der Waals surface area (Å²) in [6.45, 7) is 0.322. The third-order valence-electron chi connectivity index (χ3n) is 2.43. The topological polar surface area (TPSA) is 81.6 Å². The molecular formula is C12H10N4O. The first-order chi connectivity index (χ1) is 8.35. The lowest BCUT2D eigenvalue weighted by molar-refractivity contribution is 0.112. The van der Waals surface area contributed by atoms with Crippen LogP contribution < -0.4 is 0 Å². The Morgan fingerprint density at radius 2 is 2.35 bits per heavy atom. The van der Waals surface area contributed by atoms with Gasteiger partial charge in [0.15, 0.2) is 6.29 Å². The lowest BCUT2D eigenvalue weighted by Gasteiger charge is -1.95. The van der Waals surface area contributed by atoms with Crippen molar-refractivity contribution in [3.8, 4) is 0 Å². The molecular weight excluding hydrogens is 216 g/mol. The summed E-state index contributed by atoms with van der Waals surface area (Å²) >= 11 is 0. The fourth-order valence-electron chi connectivity index (χ4n) is 1.63. The highest BCUT2D eigenvalue weighted by Gasteiger charge is 2.01. The number of benzene rings is 1. The first-order valence-electron chi connectivity index (χ1n) is 5.09. The molecule has 0 aliphatic carbocycles. The fourth-order valence-corrected chi connectivity index (χ4v) is 1.63. The highest BCUT2D eigenvalue weighted by Crippen LogP contribution is 2.19. The van der Waals surface area contributed by atoms with Crippen LogP contribution in [0.1, 0.15) is 15.9 Å². The number of hydrogen-bond acceptors (Lipinski definition) is 2. The van der Waals surface area contributed by atoms with Gasteiger partial charge in [0.2, 0.25) is 0 Å². The molecule has 0 aliphatic heterocycles. The van der Waals surface area contributed by atoms with E-state index in [0.717, 1.165) is 22.8 Å². The predicted molar refractivity (Wildman–Crippen MR) is 66.7 cm³/mol. The molecule has 0 spiro atoms. The molecule has 0 fully saturated rings. The molecule has 5 nitrogen and oxygen atoms in total. The summed E-state index contributed by atoms with van der Waals surface area (Å²) < 4.78 is 0. The second-order valence-corrected chi connectivity index (χ2v) is 3.48. The maximum Gasteiger partial charge on any atom is 0.152 e. The van der Waals surface area contributed by atoms with Gasteiger partial charge in [-0.1, -0.05) is 23.3 Å². The van der Waals surface area contributed by atoms with Crippen LogP contribution in [0.25, 0.3) is 27.4 Å². The third kappa shape index (κ3) is 2.35. The monoisotopic (exact) mass is 226 g/mol. The number of hydrogen-bond donors (Lipinski definition) is 1. The number of nitrogens with one attached hydrogen (secondary N) is 1. The molecule has 1 N–H and O–H groups in total. The molecule has 17 heavy (non-hydrogen) atoms. The van der Waals surface area contributed by atoms with Crippen LogP contribution in [0, 0.1) is 0 Å². The highest BCUT2D eigenvalue weighted by atomic mass is 16.1.